The van der Waals surface area contributed by atoms with Crippen LogP contribution < -0.4 is 0 Å². The third-order valence-corrected chi connectivity index (χ3v) is 3.63. The van der Waals surface area contributed by atoms with Crippen molar-refractivity contribution < 1.29 is 9.90 Å². The summed E-state index contributed by atoms with van der Waals surface area (Å²) >= 11 is 0. The zero-order valence-corrected chi connectivity index (χ0v) is 9.60. The molecular weight excluding hydrogens is 200 g/mol. The molecule has 1 aliphatic rings. The minimum atomic E-state index is -0.687. The Hall–Kier alpha value is -1.31. The van der Waals surface area contributed by atoms with Crippen molar-refractivity contribution >= 4 is 5.97 Å². The maximum absolute atomic E-state index is 11.3. The van der Waals surface area contributed by atoms with E-state index in [-0.39, 0.29) is 5.92 Å². The molecule has 0 bridgehead atoms. The van der Waals surface area contributed by atoms with Crippen molar-refractivity contribution in [2.24, 2.45) is 11.8 Å². The number of carbonyl (C=O) groups is 1. The molecule has 0 heterocycles. The van der Waals surface area contributed by atoms with E-state index < -0.39 is 5.97 Å². The SMILES string of the molecule is CC[C@@H]1C[C@H]1CC(C(=O)O)c1ccccc1. The molecule has 86 valence electrons. The second kappa shape index (κ2) is 4.69. The molecule has 0 amide bonds. The lowest BCUT2D eigenvalue weighted by Gasteiger charge is -2.12. The molecule has 0 aliphatic heterocycles. The average molecular weight is 218 g/mol. The maximum atomic E-state index is 11.3. The molecule has 1 N–H and O–H groups in total. The van der Waals surface area contributed by atoms with Crippen LogP contribution in [0.4, 0.5) is 0 Å². The van der Waals surface area contributed by atoms with Gasteiger partial charge in [-0.25, -0.2) is 0 Å². The van der Waals surface area contributed by atoms with Crippen LogP contribution in [0.5, 0.6) is 0 Å². The van der Waals surface area contributed by atoms with Crippen molar-refractivity contribution in [1.29, 1.82) is 0 Å². The minimum absolute atomic E-state index is 0.317. The van der Waals surface area contributed by atoms with E-state index in [1.165, 1.54) is 12.8 Å². The van der Waals surface area contributed by atoms with Gasteiger partial charge >= 0.3 is 5.97 Å². The number of benzene rings is 1. The largest absolute Gasteiger partial charge is 0.481 e. The monoisotopic (exact) mass is 218 g/mol. The van der Waals surface area contributed by atoms with Gasteiger partial charge in [0.15, 0.2) is 0 Å². The van der Waals surface area contributed by atoms with Crippen molar-refractivity contribution in [3.63, 3.8) is 0 Å². The van der Waals surface area contributed by atoms with Crippen molar-refractivity contribution in [3.05, 3.63) is 35.9 Å². The van der Waals surface area contributed by atoms with Gasteiger partial charge < -0.3 is 5.11 Å². The molecule has 2 rings (SSSR count). The quantitative estimate of drug-likeness (QED) is 0.823. The fourth-order valence-corrected chi connectivity index (χ4v) is 2.47. The highest BCUT2D eigenvalue weighted by molar-refractivity contribution is 5.76. The van der Waals surface area contributed by atoms with Gasteiger partial charge in [0.05, 0.1) is 5.92 Å². The summed E-state index contributed by atoms with van der Waals surface area (Å²) in [5.41, 5.74) is 0.941. The van der Waals surface area contributed by atoms with E-state index >= 15 is 0 Å². The molecule has 1 unspecified atom stereocenters. The van der Waals surface area contributed by atoms with Crippen LogP contribution in [0.1, 0.15) is 37.7 Å². The van der Waals surface area contributed by atoms with Crippen molar-refractivity contribution in [2.75, 3.05) is 0 Å². The zero-order chi connectivity index (χ0) is 11.5. The summed E-state index contributed by atoms with van der Waals surface area (Å²) in [4.78, 5) is 11.3. The topological polar surface area (TPSA) is 37.3 Å². The molecule has 0 spiro atoms. The van der Waals surface area contributed by atoms with Crippen molar-refractivity contribution in [2.45, 2.75) is 32.1 Å². The van der Waals surface area contributed by atoms with E-state index in [0.717, 1.165) is 17.9 Å². The Morgan fingerprint density at radius 3 is 2.56 bits per heavy atom. The van der Waals surface area contributed by atoms with Crippen LogP contribution in [0.3, 0.4) is 0 Å². The van der Waals surface area contributed by atoms with E-state index in [4.69, 9.17) is 0 Å². The Bertz CT molecular complexity index is 358. The van der Waals surface area contributed by atoms with Crippen LogP contribution in [0.2, 0.25) is 0 Å². The van der Waals surface area contributed by atoms with E-state index in [9.17, 15) is 9.90 Å². The van der Waals surface area contributed by atoms with Gasteiger partial charge in [0, 0.05) is 0 Å². The highest BCUT2D eigenvalue weighted by Gasteiger charge is 2.38. The van der Waals surface area contributed by atoms with Crippen LogP contribution in [0.25, 0.3) is 0 Å². The van der Waals surface area contributed by atoms with Crippen molar-refractivity contribution in [1.82, 2.24) is 0 Å². The molecular formula is C14H18O2. The highest BCUT2D eigenvalue weighted by atomic mass is 16.4. The number of carboxylic acids is 1. The van der Waals surface area contributed by atoms with E-state index in [0.29, 0.717) is 5.92 Å². The lowest BCUT2D eigenvalue weighted by Crippen LogP contribution is -2.12. The lowest BCUT2D eigenvalue weighted by atomic mass is 9.93. The Morgan fingerprint density at radius 1 is 1.38 bits per heavy atom. The molecule has 1 aliphatic carbocycles. The molecule has 0 radical (unpaired) electrons. The summed E-state index contributed by atoms with van der Waals surface area (Å²) in [6, 6.07) is 9.59. The van der Waals surface area contributed by atoms with E-state index in [2.05, 4.69) is 6.92 Å². The Labute approximate surface area is 96.3 Å². The number of carboxylic acid groups (broad SMARTS) is 1. The summed E-state index contributed by atoms with van der Waals surface area (Å²) in [6.07, 6.45) is 3.21. The minimum Gasteiger partial charge on any atom is -0.481 e. The normalized spacial score (nSPS) is 25.1. The van der Waals surface area contributed by atoms with Gasteiger partial charge in [-0.2, -0.15) is 0 Å². The zero-order valence-electron chi connectivity index (χ0n) is 9.60. The Balaban J connectivity index is 2.04. The third-order valence-electron chi connectivity index (χ3n) is 3.63. The number of rotatable bonds is 5. The van der Waals surface area contributed by atoms with E-state index in [1.807, 2.05) is 30.3 Å². The standard InChI is InChI=1S/C14H18O2/c1-2-10-8-12(10)9-13(14(15)16)11-6-4-3-5-7-11/h3-7,10,12-13H,2,8-9H2,1H3,(H,15,16)/t10-,12+,13?/m1/s1. The fraction of sp³-hybridized carbons (Fsp3) is 0.500. The number of hydrogen-bond donors (Lipinski definition) is 1. The summed E-state index contributed by atoms with van der Waals surface area (Å²) in [5, 5.41) is 9.26. The predicted octanol–water partition coefficient (Wildman–Crippen LogP) is 3.29. The first-order valence-corrected chi connectivity index (χ1v) is 6.00. The fourth-order valence-electron chi connectivity index (χ4n) is 2.47. The Kier molecular flexibility index (Phi) is 3.28. The first-order valence-electron chi connectivity index (χ1n) is 6.00. The van der Waals surface area contributed by atoms with Crippen LogP contribution in [0, 0.1) is 11.8 Å². The van der Waals surface area contributed by atoms with Gasteiger partial charge in [-0.15, -0.1) is 0 Å². The third kappa shape index (κ3) is 2.43. The second-order valence-electron chi connectivity index (χ2n) is 4.70. The summed E-state index contributed by atoms with van der Waals surface area (Å²) in [5.74, 6) is 0.396. The second-order valence-corrected chi connectivity index (χ2v) is 4.70. The summed E-state index contributed by atoms with van der Waals surface area (Å²) in [7, 11) is 0. The number of hydrogen-bond acceptors (Lipinski definition) is 1. The molecule has 0 aromatic heterocycles. The molecule has 2 nitrogen and oxygen atoms in total. The van der Waals surface area contributed by atoms with E-state index in [1.54, 1.807) is 0 Å². The first-order chi connectivity index (χ1) is 7.72. The first kappa shape index (κ1) is 11.2. The van der Waals surface area contributed by atoms with Gasteiger partial charge in [0.1, 0.15) is 0 Å². The van der Waals surface area contributed by atoms with Gasteiger partial charge in [0.25, 0.3) is 0 Å². The molecule has 1 aromatic rings. The van der Waals surface area contributed by atoms with Gasteiger partial charge in [0.2, 0.25) is 0 Å². The van der Waals surface area contributed by atoms with Crippen LogP contribution >= 0.6 is 0 Å². The molecule has 1 aromatic carbocycles. The molecule has 1 saturated carbocycles. The van der Waals surface area contributed by atoms with Gasteiger partial charge in [-0.05, 0) is 30.2 Å². The maximum Gasteiger partial charge on any atom is 0.310 e. The number of aliphatic carboxylic acids is 1. The molecule has 1 fully saturated rings. The lowest BCUT2D eigenvalue weighted by molar-refractivity contribution is -0.139. The van der Waals surface area contributed by atoms with Crippen LogP contribution in [-0.4, -0.2) is 11.1 Å². The smallest absolute Gasteiger partial charge is 0.310 e. The van der Waals surface area contributed by atoms with Crippen LogP contribution in [-0.2, 0) is 4.79 Å². The van der Waals surface area contributed by atoms with Crippen LogP contribution in [0.15, 0.2) is 30.3 Å². The molecule has 16 heavy (non-hydrogen) atoms. The summed E-state index contributed by atoms with van der Waals surface area (Å²) < 4.78 is 0. The molecule has 3 atom stereocenters. The predicted molar refractivity (Wildman–Crippen MR) is 63.3 cm³/mol. The summed E-state index contributed by atoms with van der Waals surface area (Å²) in [6.45, 7) is 2.18. The molecule has 2 heteroatoms. The van der Waals surface area contributed by atoms with Gasteiger partial charge in [-0.3, -0.25) is 4.79 Å². The highest BCUT2D eigenvalue weighted by Crippen LogP contribution is 2.46. The average Bonchev–Trinajstić information content (AvgIpc) is 3.05. The Morgan fingerprint density at radius 2 is 2.06 bits per heavy atom. The molecule has 0 saturated heterocycles. The van der Waals surface area contributed by atoms with Crippen molar-refractivity contribution in [3.8, 4) is 0 Å². The van der Waals surface area contributed by atoms with Gasteiger partial charge in [-0.1, -0.05) is 43.7 Å².